The van der Waals surface area contributed by atoms with E-state index in [0.717, 1.165) is 10.5 Å². The second kappa shape index (κ2) is 10.00. The molecule has 0 bridgehead atoms. The van der Waals surface area contributed by atoms with Gasteiger partial charge in [-0.2, -0.15) is 0 Å². The van der Waals surface area contributed by atoms with Crippen LogP contribution >= 0.6 is 0 Å². The lowest BCUT2D eigenvalue weighted by atomic mass is 10.0. The summed E-state index contributed by atoms with van der Waals surface area (Å²) in [6, 6.07) is 11.8. The maximum atomic E-state index is 12.9. The Kier molecular flexibility index (Phi) is 7.14. The molecule has 0 radical (unpaired) electrons. The van der Waals surface area contributed by atoms with Crippen LogP contribution in [0.2, 0.25) is 0 Å². The van der Waals surface area contributed by atoms with E-state index in [-0.39, 0.29) is 18.0 Å². The van der Waals surface area contributed by atoms with Crippen LogP contribution in [0.15, 0.2) is 48.2 Å². The van der Waals surface area contributed by atoms with Crippen LogP contribution in [0.5, 0.6) is 11.5 Å². The van der Waals surface area contributed by atoms with Gasteiger partial charge in [0.15, 0.2) is 17.3 Å². The van der Waals surface area contributed by atoms with Crippen LogP contribution in [-0.4, -0.2) is 47.5 Å². The summed E-state index contributed by atoms with van der Waals surface area (Å²) in [4.78, 5) is 37.6. The van der Waals surface area contributed by atoms with Crippen molar-refractivity contribution in [3.8, 4) is 11.5 Å². The number of ether oxygens (including phenoxy) is 2. The first-order valence-corrected chi connectivity index (χ1v) is 10.4. The fraction of sp³-hybridized carbons (Fsp3) is 0.292. The number of carbonyl (C=O) groups excluding carboxylic acids is 3. The topological polar surface area (TPSA) is 105 Å². The fourth-order valence-electron chi connectivity index (χ4n) is 3.44. The molecule has 2 aromatic carbocycles. The largest absolute Gasteiger partial charge is 0.502 e. The van der Waals surface area contributed by atoms with Crippen molar-refractivity contribution >= 4 is 29.0 Å². The molecule has 168 valence electrons. The fourth-order valence-corrected chi connectivity index (χ4v) is 3.44. The van der Waals surface area contributed by atoms with Gasteiger partial charge in [-0.25, -0.2) is 0 Å². The van der Waals surface area contributed by atoms with Crippen LogP contribution < -0.4 is 14.8 Å². The molecule has 0 atom stereocenters. The highest BCUT2D eigenvalue weighted by Crippen LogP contribution is 2.31. The van der Waals surface area contributed by atoms with E-state index in [1.165, 1.54) is 6.92 Å². The molecule has 2 N–H and O–H groups in total. The molecule has 0 unspecified atom stereocenters. The Hall–Kier alpha value is -3.81. The molecule has 1 aliphatic rings. The van der Waals surface area contributed by atoms with E-state index in [2.05, 4.69) is 5.32 Å². The molecule has 2 aromatic rings. The van der Waals surface area contributed by atoms with Crippen molar-refractivity contribution in [1.82, 2.24) is 4.90 Å². The SMILES string of the molecule is CCOc1ccc(CCN2C(=O)C(O)=C(c3ccc(NC(C)=O)cc3)C2=O)cc1OCC. The second-order valence-corrected chi connectivity index (χ2v) is 7.14. The van der Waals surface area contributed by atoms with Gasteiger partial charge in [0.05, 0.1) is 18.8 Å². The van der Waals surface area contributed by atoms with Crippen LogP contribution in [-0.2, 0) is 20.8 Å². The highest BCUT2D eigenvalue weighted by atomic mass is 16.5. The standard InChI is InChI=1S/C24H26N2O6/c1-4-31-19-11-6-16(14-20(19)32-5-2)12-13-26-23(29)21(22(28)24(26)30)17-7-9-18(10-8-17)25-15(3)27/h6-11,14,28H,4-5,12-13H2,1-3H3,(H,25,27). The van der Waals surface area contributed by atoms with E-state index >= 15 is 0 Å². The first-order valence-electron chi connectivity index (χ1n) is 10.4. The van der Waals surface area contributed by atoms with Crippen LogP contribution in [0.1, 0.15) is 31.9 Å². The average Bonchev–Trinajstić information content (AvgIpc) is 2.97. The van der Waals surface area contributed by atoms with Gasteiger partial charge in [0.2, 0.25) is 5.91 Å². The van der Waals surface area contributed by atoms with Crippen molar-refractivity contribution in [3.05, 3.63) is 59.4 Å². The van der Waals surface area contributed by atoms with Crippen molar-refractivity contribution in [2.24, 2.45) is 0 Å². The molecule has 3 amide bonds. The molecule has 3 rings (SSSR count). The van der Waals surface area contributed by atoms with E-state index in [1.807, 2.05) is 26.0 Å². The van der Waals surface area contributed by atoms with Crippen LogP contribution in [0.25, 0.3) is 5.57 Å². The molecule has 1 aliphatic heterocycles. The number of imide groups is 1. The molecule has 8 nitrogen and oxygen atoms in total. The Morgan fingerprint density at radius 3 is 2.25 bits per heavy atom. The molecule has 0 saturated heterocycles. The lowest BCUT2D eigenvalue weighted by Gasteiger charge is -2.16. The molecule has 0 aromatic heterocycles. The quantitative estimate of drug-likeness (QED) is 0.582. The highest BCUT2D eigenvalue weighted by Gasteiger charge is 2.38. The van der Waals surface area contributed by atoms with Gasteiger partial charge in [-0.05, 0) is 55.7 Å². The molecule has 1 heterocycles. The van der Waals surface area contributed by atoms with Crippen molar-refractivity contribution in [1.29, 1.82) is 0 Å². The summed E-state index contributed by atoms with van der Waals surface area (Å²) in [5, 5.41) is 13.0. The Morgan fingerprint density at radius 2 is 1.62 bits per heavy atom. The maximum Gasteiger partial charge on any atom is 0.296 e. The highest BCUT2D eigenvalue weighted by molar-refractivity contribution is 6.34. The molecule has 0 fully saturated rings. The summed E-state index contributed by atoms with van der Waals surface area (Å²) in [5.74, 6) is -0.853. The lowest BCUT2D eigenvalue weighted by Crippen LogP contribution is -2.33. The third-order valence-corrected chi connectivity index (χ3v) is 4.87. The van der Waals surface area contributed by atoms with Crippen molar-refractivity contribution in [3.63, 3.8) is 0 Å². The molecule has 0 saturated carbocycles. The van der Waals surface area contributed by atoms with Gasteiger partial charge in [-0.15, -0.1) is 0 Å². The lowest BCUT2D eigenvalue weighted by molar-refractivity contribution is -0.138. The zero-order chi connectivity index (χ0) is 23.3. The van der Waals surface area contributed by atoms with E-state index in [4.69, 9.17) is 9.47 Å². The van der Waals surface area contributed by atoms with Crippen LogP contribution in [0.4, 0.5) is 5.69 Å². The number of rotatable bonds is 9. The molecular weight excluding hydrogens is 412 g/mol. The number of amides is 3. The molecule has 32 heavy (non-hydrogen) atoms. The molecule has 0 spiro atoms. The van der Waals surface area contributed by atoms with Gasteiger partial charge >= 0.3 is 0 Å². The summed E-state index contributed by atoms with van der Waals surface area (Å²) in [6.45, 7) is 6.25. The maximum absolute atomic E-state index is 12.9. The van der Waals surface area contributed by atoms with E-state index in [0.29, 0.717) is 42.4 Å². The minimum Gasteiger partial charge on any atom is -0.502 e. The van der Waals surface area contributed by atoms with Crippen molar-refractivity contribution < 1.29 is 29.0 Å². The van der Waals surface area contributed by atoms with Gasteiger partial charge < -0.3 is 19.9 Å². The monoisotopic (exact) mass is 438 g/mol. The molecular formula is C24H26N2O6. The summed E-state index contributed by atoms with van der Waals surface area (Å²) in [5.41, 5.74) is 1.77. The number of benzene rings is 2. The van der Waals surface area contributed by atoms with Gasteiger partial charge in [0.25, 0.3) is 11.8 Å². The van der Waals surface area contributed by atoms with E-state index in [9.17, 15) is 19.5 Å². The Morgan fingerprint density at radius 1 is 0.969 bits per heavy atom. The first-order chi connectivity index (χ1) is 15.3. The number of aliphatic hydroxyl groups excluding tert-OH is 1. The second-order valence-electron chi connectivity index (χ2n) is 7.14. The number of hydrogen-bond donors (Lipinski definition) is 2. The molecule has 8 heteroatoms. The zero-order valence-electron chi connectivity index (χ0n) is 18.3. The number of hydrogen-bond acceptors (Lipinski definition) is 6. The first kappa shape index (κ1) is 22.9. The van der Waals surface area contributed by atoms with Gasteiger partial charge in [-0.3, -0.25) is 19.3 Å². The summed E-state index contributed by atoms with van der Waals surface area (Å²) in [7, 11) is 0. The van der Waals surface area contributed by atoms with Crippen molar-refractivity contribution in [2.45, 2.75) is 27.2 Å². The summed E-state index contributed by atoms with van der Waals surface area (Å²) in [6.07, 6.45) is 0.395. The van der Waals surface area contributed by atoms with E-state index in [1.54, 1.807) is 30.3 Å². The normalized spacial score (nSPS) is 13.5. The number of nitrogens with one attached hydrogen (secondary N) is 1. The van der Waals surface area contributed by atoms with Gasteiger partial charge in [0, 0.05) is 19.2 Å². The predicted octanol–water partition coefficient (Wildman–Crippen LogP) is 3.32. The Labute approximate surface area is 186 Å². The smallest absolute Gasteiger partial charge is 0.296 e. The Bertz CT molecular complexity index is 1060. The predicted molar refractivity (Wildman–Crippen MR) is 119 cm³/mol. The third kappa shape index (κ3) is 4.91. The average molecular weight is 438 g/mol. The Balaban J connectivity index is 1.73. The number of anilines is 1. The van der Waals surface area contributed by atoms with Crippen LogP contribution in [0, 0.1) is 0 Å². The van der Waals surface area contributed by atoms with Gasteiger partial charge in [-0.1, -0.05) is 18.2 Å². The number of carbonyl (C=O) groups is 3. The number of nitrogens with zero attached hydrogens (tertiary/aromatic N) is 1. The summed E-state index contributed by atoms with van der Waals surface area (Å²) >= 11 is 0. The molecule has 0 aliphatic carbocycles. The summed E-state index contributed by atoms with van der Waals surface area (Å²) < 4.78 is 11.2. The third-order valence-electron chi connectivity index (χ3n) is 4.87. The van der Waals surface area contributed by atoms with Crippen molar-refractivity contribution in [2.75, 3.05) is 25.1 Å². The number of aliphatic hydroxyl groups is 1. The zero-order valence-corrected chi connectivity index (χ0v) is 18.3. The van der Waals surface area contributed by atoms with Crippen LogP contribution in [0.3, 0.4) is 0 Å². The van der Waals surface area contributed by atoms with Gasteiger partial charge in [0.1, 0.15) is 0 Å². The minimum atomic E-state index is -0.730. The minimum absolute atomic E-state index is 0.0499. The van der Waals surface area contributed by atoms with E-state index < -0.39 is 17.6 Å².